The van der Waals surface area contributed by atoms with Crippen LogP contribution in [0.5, 0.6) is 0 Å². The smallest absolute Gasteiger partial charge is 0.348 e. The molecule has 0 saturated heterocycles. The second-order valence-electron chi connectivity index (χ2n) is 5.63. The Balaban J connectivity index is 1.63. The van der Waals surface area contributed by atoms with Crippen molar-refractivity contribution in [2.75, 3.05) is 0 Å². The van der Waals surface area contributed by atoms with E-state index in [9.17, 15) is 14.4 Å². The molecule has 0 aliphatic carbocycles. The molecular formula is C17H16N2O4S2. The van der Waals surface area contributed by atoms with Crippen LogP contribution >= 0.6 is 22.7 Å². The summed E-state index contributed by atoms with van der Waals surface area (Å²) in [5, 5.41) is 6.87. The second-order valence-corrected chi connectivity index (χ2v) is 7.43. The zero-order valence-electron chi connectivity index (χ0n) is 13.7. The van der Waals surface area contributed by atoms with Gasteiger partial charge < -0.3 is 9.73 Å². The first-order valence-electron chi connectivity index (χ1n) is 7.70. The molecule has 3 heterocycles. The molecule has 6 nitrogen and oxygen atoms in total. The average molecular weight is 376 g/mol. The van der Waals surface area contributed by atoms with Crippen LogP contribution in [-0.4, -0.2) is 16.7 Å². The first kappa shape index (κ1) is 17.5. The van der Waals surface area contributed by atoms with Gasteiger partial charge in [0.2, 0.25) is 11.8 Å². The van der Waals surface area contributed by atoms with E-state index in [1.165, 1.54) is 22.7 Å². The molecule has 3 rings (SSSR count). The molecule has 0 spiro atoms. The first-order valence-corrected chi connectivity index (χ1v) is 9.46. The Bertz CT molecular complexity index is 972. The molecule has 1 amide bonds. The topological polar surface area (TPSA) is 89.3 Å². The van der Waals surface area contributed by atoms with Crippen LogP contribution in [0.2, 0.25) is 0 Å². The van der Waals surface area contributed by atoms with Crippen molar-refractivity contribution in [3.8, 4) is 0 Å². The van der Waals surface area contributed by atoms with E-state index in [4.69, 9.17) is 4.42 Å². The van der Waals surface area contributed by atoms with Crippen LogP contribution in [0.15, 0.2) is 32.1 Å². The number of rotatable bonds is 6. The zero-order chi connectivity index (χ0) is 18.0. The predicted molar refractivity (Wildman–Crippen MR) is 97.3 cm³/mol. The van der Waals surface area contributed by atoms with Crippen LogP contribution < -0.4 is 10.9 Å². The number of carbonyl (C=O) groups excluding carboxylic acids is 2. The third-order valence-electron chi connectivity index (χ3n) is 3.69. The molecule has 1 atom stereocenters. The highest BCUT2D eigenvalue weighted by Crippen LogP contribution is 2.22. The second kappa shape index (κ2) is 7.28. The quantitative estimate of drug-likeness (QED) is 0.666. The SMILES string of the molecule is Cc1csc2nc([C@H](C)NC(=O)CCC(=O)c3cccs3)oc(=O)c12. The number of nitrogens with zero attached hydrogens (tertiary/aromatic N) is 1. The molecule has 130 valence electrons. The van der Waals surface area contributed by atoms with Gasteiger partial charge in [0.25, 0.3) is 0 Å². The summed E-state index contributed by atoms with van der Waals surface area (Å²) >= 11 is 2.72. The number of hydrogen-bond donors (Lipinski definition) is 1. The number of aryl methyl sites for hydroxylation is 1. The highest BCUT2D eigenvalue weighted by molar-refractivity contribution is 7.16. The van der Waals surface area contributed by atoms with Crippen molar-refractivity contribution in [1.82, 2.24) is 10.3 Å². The lowest BCUT2D eigenvalue weighted by Crippen LogP contribution is -2.28. The maximum absolute atomic E-state index is 12.1. The van der Waals surface area contributed by atoms with Crippen LogP contribution in [-0.2, 0) is 4.79 Å². The number of nitrogens with one attached hydrogen (secondary N) is 1. The molecule has 0 aromatic carbocycles. The highest BCUT2D eigenvalue weighted by Gasteiger charge is 2.18. The van der Waals surface area contributed by atoms with Crippen LogP contribution in [0.25, 0.3) is 10.2 Å². The van der Waals surface area contributed by atoms with E-state index < -0.39 is 11.7 Å². The number of aromatic nitrogens is 1. The predicted octanol–water partition coefficient (Wildman–Crippen LogP) is 3.46. The maximum Gasteiger partial charge on any atom is 0.348 e. The van der Waals surface area contributed by atoms with E-state index in [0.29, 0.717) is 15.1 Å². The number of hydrogen-bond acceptors (Lipinski definition) is 7. The summed E-state index contributed by atoms with van der Waals surface area (Å²) in [5.74, 6) is -0.181. The summed E-state index contributed by atoms with van der Waals surface area (Å²) in [7, 11) is 0. The minimum absolute atomic E-state index is 0.0575. The lowest BCUT2D eigenvalue weighted by molar-refractivity contribution is -0.121. The lowest BCUT2D eigenvalue weighted by atomic mass is 10.2. The van der Waals surface area contributed by atoms with Gasteiger partial charge in [-0.05, 0) is 36.2 Å². The van der Waals surface area contributed by atoms with E-state index in [0.717, 1.165) is 5.56 Å². The average Bonchev–Trinajstić information content (AvgIpc) is 3.23. The normalized spacial score (nSPS) is 12.2. The Morgan fingerprint density at radius 3 is 2.84 bits per heavy atom. The van der Waals surface area contributed by atoms with Gasteiger partial charge in [-0.25, -0.2) is 9.78 Å². The zero-order valence-corrected chi connectivity index (χ0v) is 15.3. The molecular weight excluding hydrogens is 360 g/mol. The summed E-state index contributed by atoms with van der Waals surface area (Å²) in [4.78, 5) is 41.6. The fourth-order valence-corrected chi connectivity index (χ4v) is 3.98. The van der Waals surface area contributed by atoms with Gasteiger partial charge in [0.1, 0.15) is 10.9 Å². The fourth-order valence-electron chi connectivity index (χ4n) is 2.38. The van der Waals surface area contributed by atoms with E-state index in [-0.39, 0.29) is 30.4 Å². The number of amides is 1. The molecule has 0 unspecified atom stereocenters. The minimum Gasteiger partial charge on any atom is -0.406 e. The van der Waals surface area contributed by atoms with Gasteiger partial charge in [-0.15, -0.1) is 22.7 Å². The summed E-state index contributed by atoms with van der Waals surface area (Å²) in [6, 6.07) is 2.99. The van der Waals surface area contributed by atoms with Crippen LogP contribution in [0.1, 0.15) is 46.9 Å². The summed E-state index contributed by atoms with van der Waals surface area (Å²) in [6.07, 6.45) is 0.214. The van der Waals surface area contributed by atoms with Gasteiger partial charge in [0.05, 0.1) is 10.3 Å². The number of carbonyl (C=O) groups is 2. The van der Waals surface area contributed by atoms with E-state index >= 15 is 0 Å². The molecule has 8 heteroatoms. The number of thiophene rings is 2. The van der Waals surface area contributed by atoms with E-state index in [1.807, 2.05) is 17.7 Å². The Morgan fingerprint density at radius 1 is 1.32 bits per heavy atom. The standard InChI is InChI=1S/C17H16N2O4S2/c1-9-8-25-16-14(9)17(22)23-15(19-16)10(2)18-13(21)6-5-11(20)12-4-3-7-24-12/h3-4,7-8,10H,5-6H2,1-2H3,(H,18,21)/t10-/m0/s1. The molecule has 1 N–H and O–H groups in total. The van der Waals surface area contributed by atoms with Gasteiger partial charge in [0.15, 0.2) is 5.78 Å². The molecule has 3 aromatic rings. The molecule has 0 aliphatic rings. The number of Topliss-reactive ketones (excluding diaryl/α,β-unsaturated/α-hetero) is 1. The molecule has 3 aromatic heterocycles. The van der Waals surface area contributed by atoms with Gasteiger partial charge >= 0.3 is 5.63 Å². The minimum atomic E-state index is -0.552. The van der Waals surface area contributed by atoms with Crippen LogP contribution in [0.4, 0.5) is 0 Å². The molecule has 25 heavy (non-hydrogen) atoms. The Kier molecular flexibility index (Phi) is 5.10. The third kappa shape index (κ3) is 3.85. The molecule has 0 saturated carbocycles. The Morgan fingerprint density at radius 2 is 2.12 bits per heavy atom. The van der Waals surface area contributed by atoms with Crippen molar-refractivity contribution in [2.45, 2.75) is 32.7 Å². The summed E-state index contributed by atoms with van der Waals surface area (Å²) in [6.45, 7) is 3.52. The van der Waals surface area contributed by atoms with E-state index in [2.05, 4.69) is 10.3 Å². The van der Waals surface area contributed by atoms with Crippen molar-refractivity contribution in [2.24, 2.45) is 0 Å². The van der Waals surface area contributed by atoms with Crippen molar-refractivity contribution in [3.05, 3.63) is 49.6 Å². The first-order chi connectivity index (χ1) is 12.0. The summed E-state index contributed by atoms with van der Waals surface area (Å²) < 4.78 is 5.24. The molecule has 0 fully saturated rings. The van der Waals surface area contributed by atoms with Crippen LogP contribution in [0.3, 0.4) is 0 Å². The van der Waals surface area contributed by atoms with Crippen molar-refractivity contribution in [3.63, 3.8) is 0 Å². The monoisotopic (exact) mass is 376 g/mol. The van der Waals surface area contributed by atoms with Crippen LogP contribution in [0, 0.1) is 6.92 Å². The lowest BCUT2D eigenvalue weighted by Gasteiger charge is -2.11. The third-order valence-corrected chi connectivity index (χ3v) is 5.59. The number of ketones is 1. The molecule has 0 aliphatic heterocycles. The highest BCUT2D eigenvalue weighted by atomic mass is 32.1. The van der Waals surface area contributed by atoms with Gasteiger partial charge in [-0.2, -0.15) is 0 Å². The number of fused-ring (bicyclic) bond motifs is 1. The summed E-state index contributed by atoms with van der Waals surface area (Å²) in [5.41, 5.74) is 0.379. The molecule has 0 radical (unpaired) electrons. The maximum atomic E-state index is 12.1. The largest absolute Gasteiger partial charge is 0.406 e. The van der Waals surface area contributed by atoms with Gasteiger partial charge in [-0.1, -0.05) is 6.07 Å². The Labute approximate surface area is 151 Å². The van der Waals surface area contributed by atoms with Gasteiger partial charge in [0, 0.05) is 12.8 Å². The fraction of sp³-hybridized carbons (Fsp3) is 0.294. The van der Waals surface area contributed by atoms with E-state index in [1.54, 1.807) is 19.1 Å². The molecule has 0 bridgehead atoms. The van der Waals surface area contributed by atoms with Gasteiger partial charge in [-0.3, -0.25) is 9.59 Å². The van der Waals surface area contributed by atoms with Crippen molar-refractivity contribution < 1.29 is 14.0 Å². The van der Waals surface area contributed by atoms with Crippen molar-refractivity contribution >= 4 is 44.6 Å². The Hall–Kier alpha value is -2.32. The van der Waals surface area contributed by atoms with Crippen molar-refractivity contribution in [1.29, 1.82) is 0 Å².